The Balaban J connectivity index is 1.35. The standard InChI is InChI=1S/C21H28NO9P/c1-2-3-4-5-6-7-29-32(26)30-18-13(23)8-12-11-9-14-19(28-10-27-14)17(24)15(11)21(25)22-16(12)20(18)31-32/h9,12-13,16,18,20,23-24H,2-8,10H2,1H3,(H,22,25)/t12-,13+,16-,18-,20+,32?/m1/s1. The lowest BCUT2D eigenvalue weighted by Gasteiger charge is -2.43. The lowest BCUT2D eigenvalue weighted by Crippen LogP contribution is -2.60. The number of hydrogen-bond donors (Lipinski definition) is 3. The topological polar surface area (TPSA) is 133 Å². The van der Waals surface area contributed by atoms with Crippen LogP contribution in [0.2, 0.25) is 0 Å². The molecular formula is C21H28NO9P. The van der Waals surface area contributed by atoms with E-state index in [1.54, 1.807) is 6.07 Å². The highest BCUT2D eigenvalue weighted by Crippen LogP contribution is 2.62. The average molecular weight is 469 g/mol. The summed E-state index contributed by atoms with van der Waals surface area (Å²) in [7, 11) is -3.86. The molecule has 1 unspecified atom stereocenters. The zero-order valence-corrected chi connectivity index (χ0v) is 18.7. The maximum Gasteiger partial charge on any atom is 0.475 e. The van der Waals surface area contributed by atoms with Gasteiger partial charge in [-0.05, 0) is 24.5 Å². The zero-order valence-electron chi connectivity index (χ0n) is 17.8. The molecule has 3 heterocycles. The van der Waals surface area contributed by atoms with Crippen LogP contribution in [0.1, 0.15) is 67.3 Å². The number of phosphoric ester groups is 1. The molecule has 0 spiro atoms. The molecule has 1 amide bonds. The van der Waals surface area contributed by atoms with E-state index in [0.717, 1.165) is 32.1 Å². The highest BCUT2D eigenvalue weighted by atomic mass is 31.2. The molecule has 32 heavy (non-hydrogen) atoms. The summed E-state index contributed by atoms with van der Waals surface area (Å²) in [4.78, 5) is 12.9. The molecule has 1 aromatic rings. The van der Waals surface area contributed by atoms with Crippen molar-refractivity contribution in [1.29, 1.82) is 0 Å². The Morgan fingerprint density at radius 2 is 1.97 bits per heavy atom. The van der Waals surface area contributed by atoms with E-state index in [2.05, 4.69) is 12.2 Å². The summed E-state index contributed by atoms with van der Waals surface area (Å²) < 4.78 is 40.5. The van der Waals surface area contributed by atoms with Gasteiger partial charge in [0.05, 0.1) is 24.3 Å². The molecule has 3 N–H and O–H groups in total. The Hall–Kier alpha value is -1.84. The number of amides is 1. The minimum absolute atomic E-state index is 0.0509. The molecule has 1 saturated heterocycles. The normalized spacial score (nSPS) is 34.6. The van der Waals surface area contributed by atoms with E-state index in [1.807, 2.05) is 0 Å². The van der Waals surface area contributed by atoms with Crippen molar-refractivity contribution in [2.45, 2.75) is 75.7 Å². The Labute approximate surface area is 185 Å². The van der Waals surface area contributed by atoms with Gasteiger partial charge >= 0.3 is 7.82 Å². The molecule has 2 fully saturated rings. The summed E-state index contributed by atoms with van der Waals surface area (Å²) in [5, 5.41) is 24.2. The van der Waals surface area contributed by atoms with Crippen LogP contribution in [0.25, 0.3) is 0 Å². The SMILES string of the molecule is CCCCCCCOP1(=O)O[C@H]2[C@@H]3NC(=O)c4c(cc5c(c4O)OCO5)[C@H]3C[C@H](O)[C@H]2O1. The molecule has 5 rings (SSSR count). The molecule has 4 aliphatic rings. The predicted molar refractivity (Wildman–Crippen MR) is 111 cm³/mol. The highest BCUT2D eigenvalue weighted by Gasteiger charge is 2.59. The second-order valence-electron chi connectivity index (χ2n) is 8.67. The fourth-order valence-corrected chi connectivity index (χ4v) is 6.65. The molecule has 1 aliphatic carbocycles. The van der Waals surface area contributed by atoms with Gasteiger partial charge in [-0.2, -0.15) is 0 Å². The van der Waals surface area contributed by atoms with Crippen molar-refractivity contribution in [3.05, 3.63) is 17.2 Å². The number of phenols is 1. The number of fused-ring (bicyclic) bond motifs is 6. The summed E-state index contributed by atoms with van der Waals surface area (Å²) >= 11 is 0. The van der Waals surface area contributed by atoms with E-state index in [4.69, 9.17) is 23.0 Å². The van der Waals surface area contributed by atoms with Crippen molar-refractivity contribution in [1.82, 2.24) is 5.32 Å². The number of aliphatic hydroxyl groups excluding tert-OH is 1. The van der Waals surface area contributed by atoms with Crippen LogP contribution in [0.3, 0.4) is 0 Å². The highest BCUT2D eigenvalue weighted by molar-refractivity contribution is 7.48. The van der Waals surface area contributed by atoms with Gasteiger partial charge in [0.1, 0.15) is 12.2 Å². The van der Waals surface area contributed by atoms with E-state index in [9.17, 15) is 19.6 Å². The van der Waals surface area contributed by atoms with E-state index < -0.39 is 44.0 Å². The van der Waals surface area contributed by atoms with Crippen LogP contribution in [-0.4, -0.2) is 53.9 Å². The maximum atomic E-state index is 13.1. The van der Waals surface area contributed by atoms with Gasteiger partial charge in [-0.3, -0.25) is 18.4 Å². The number of carbonyl (C=O) groups is 1. The van der Waals surface area contributed by atoms with Crippen molar-refractivity contribution in [2.24, 2.45) is 0 Å². The first-order chi connectivity index (χ1) is 15.4. The lowest BCUT2D eigenvalue weighted by molar-refractivity contribution is -0.0373. The Bertz CT molecular complexity index is 954. The summed E-state index contributed by atoms with van der Waals surface area (Å²) in [5.41, 5.74) is 0.617. The molecule has 6 atom stereocenters. The van der Waals surface area contributed by atoms with Gasteiger partial charge in [0.15, 0.2) is 11.5 Å². The number of carbonyl (C=O) groups excluding carboxylic acids is 1. The molecule has 3 aliphatic heterocycles. The van der Waals surface area contributed by atoms with E-state index in [0.29, 0.717) is 11.3 Å². The summed E-state index contributed by atoms with van der Waals surface area (Å²) in [5.74, 6) is -0.725. The number of nitrogens with one attached hydrogen (secondary N) is 1. The first-order valence-corrected chi connectivity index (χ1v) is 12.6. The largest absolute Gasteiger partial charge is 0.504 e. The Morgan fingerprint density at radius 3 is 2.78 bits per heavy atom. The van der Waals surface area contributed by atoms with Gasteiger partial charge < -0.3 is 25.0 Å². The number of phosphoric acid groups is 1. The number of unbranched alkanes of at least 4 members (excludes halogenated alkanes) is 4. The monoisotopic (exact) mass is 469 g/mol. The van der Waals surface area contributed by atoms with Crippen molar-refractivity contribution >= 4 is 13.7 Å². The number of ether oxygens (including phenoxy) is 2. The van der Waals surface area contributed by atoms with Crippen LogP contribution < -0.4 is 14.8 Å². The van der Waals surface area contributed by atoms with Crippen molar-refractivity contribution in [2.75, 3.05) is 13.4 Å². The van der Waals surface area contributed by atoms with Crippen molar-refractivity contribution < 1.29 is 42.6 Å². The number of aromatic hydroxyl groups is 1. The molecule has 0 radical (unpaired) electrons. The third-order valence-corrected chi connectivity index (χ3v) is 8.08. The molecule has 176 valence electrons. The first kappa shape index (κ1) is 22.0. The second kappa shape index (κ2) is 8.50. The number of phenolic OH excluding ortho intramolecular Hbond substituents is 1. The Morgan fingerprint density at radius 1 is 1.19 bits per heavy atom. The Kier molecular flexibility index (Phi) is 5.84. The van der Waals surface area contributed by atoms with E-state index in [1.165, 1.54) is 0 Å². The van der Waals surface area contributed by atoms with Crippen molar-refractivity contribution in [3.63, 3.8) is 0 Å². The molecule has 11 heteroatoms. The number of hydrogen-bond acceptors (Lipinski definition) is 9. The van der Waals surface area contributed by atoms with Crippen LogP contribution in [0.5, 0.6) is 17.2 Å². The van der Waals surface area contributed by atoms with Crippen LogP contribution >= 0.6 is 7.82 Å². The summed E-state index contributed by atoms with van der Waals surface area (Å²) in [6, 6.07) is 1.05. The van der Waals surface area contributed by atoms with Gasteiger partial charge in [0, 0.05) is 5.92 Å². The number of rotatable bonds is 7. The molecule has 10 nitrogen and oxygen atoms in total. The predicted octanol–water partition coefficient (Wildman–Crippen LogP) is 2.96. The molecule has 0 aromatic heterocycles. The van der Waals surface area contributed by atoms with E-state index in [-0.39, 0.29) is 36.9 Å². The zero-order chi connectivity index (χ0) is 22.5. The number of benzene rings is 1. The first-order valence-electron chi connectivity index (χ1n) is 11.2. The second-order valence-corrected chi connectivity index (χ2v) is 10.2. The molecular weight excluding hydrogens is 441 g/mol. The van der Waals surface area contributed by atoms with Gasteiger partial charge in [-0.1, -0.05) is 32.6 Å². The van der Waals surface area contributed by atoms with Gasteiger partial charge in [-0.15, -0.1) is 0 Å². The van der Waals surface area contributed by atoms with Crippen LogP contribution in [0.4, 0.5) is 0 Å². The number of aliphatic hydroxyl groups is 1. The molecule has 1 saturated carbocycles. The smallest absolute Gasteiger partial charge is 0.475 e. The summed E-state index contributed by atoms with van der Waals surface area (Å²) in [6.07, 6.45) is 2.55. The fourth-order valence-electron chi connectivity index (χ4n) is 5.02. The average Bonchev–Trinajstić information content (AvgIpc) is 3.37. The minimum atomic E-state index is -3.86. The third-order valence-electron chi connectivity index (χ3n) is 6.58. The van der Waals surface area contributed by atoms with Crippen LogP contribution in [0.15, 0.2) is 6.07 Å². The van der Waals surface area contributed by atoms with Crippen molar-refractivity contribution in [3.8, 4) is 17.2 Å². The quantitative estimate of drug-likeness (QED) is 0.407. The lowest BCUT2D eigenvalue weighted by atomic mass is 9.72. The van der Waals surface area contributed by atoms with Crippen LogP contribution in [-0.2, 0) is 18.1 Å². The van der Waals surface area contributed by atoms with Gasteiger partial charge in [0.2, 0.25) is 12.5 Å². The fraction of sp³-hybridized carbons (Fsp3) is 0.667. The summed E-state index contributed by atoms with van der Waals surface area (Å²) in [6.45, 7) is 2.31. The van der Waals surface area contributed by atoms with E-state index >= 15 is 0 Å². The molecule has 0 bridgehead atoms. The van der Waals surface area contributed by atoms with Gasteiger partial charge in [-0.25, -0.2) is 4.57 Å². The minimum Gasteiger partial charge on any atom is -0.504 e. The van der Waals surface area contributed by atoms with Crippen LogP contribution in [0, 0.1) is 0 Å². The maximum absolute atomic E-state index is 13.1. The third kappa shape index (κ3) is 3.68. The van der Waals surface area contributed by atoms with Gasteiger partial charge in [0.25, 0.3) is 5.91 Å². The molecule has 1 aromatic carbocycles.